The van der Waals surface area contributed by atoms with E-state index in [0.717, 1.165) is 15.0 Å². The lowest BCUT2D eigenvalue weighted by Gasteiger charge is -2.08. The molecule has 0 saturated heterocycles. The molecule has 1 atom stereocenters. The molecule has 1 N–H and O–H groups in total. The molecule has 0 saturated carbocycles. The zero-order valence-corrected chi connectivity index (χ0v) is 11.1. The van der Waals surface area contributed by atoms with Crippen molar-refractivity contribution >= 4 is 20.1 Å². The third kappa shape index (κ3) is 3.90. The van der Waals surface area contributed by atoms with Gasteiger partial charge in [-0.2, -0.15) is 0 Å². The summed E-state index contributed by atoms with van der Waals surface area (Å²) in [4.78, 5) is 0. The Hall–Kier alpha value is -0.940. The van der Waals surface area contributed by atoms with Crippen molar-refractivity contribution in [2.75, 3.05) is 0 Å². The van der Waals surface area contributed by atoms with Gasteiger partial charge in [-0.1, -0.05) is 52.0 Å². The van der Waals surface area contributed by atoms with Gasteiger partial charge in [0.1, 0.15) is 0 Å². The van der Waals surface area contributed by atoms with Crippen LogP contribution in [0.15, 0.2) is 30.1 Å². The molecule has 1 unspecified atom stereocenters. The van der Waals surface area contributed by atoms with E-state index in [-0.39, 0.29) is 0 Å². The van der Waals surface area contributed by atoms with Gasteiger partial charge in [-0.05, 0) is 36.0 Å². The summed E-state index contributed by atoms with van der Waals surface area (Å²) in [5, 5.41) is 8.62. The summed E-state index contributed by atoms with van der Waals surface area (Å²) in [6.45, 7) is 4.32. The molecule has 16 heavy (non-hydrogen) atoms. The number of rotatable bonds is 6. The van der Waals surface area contributed by atoms with E-state index < -0.39 is 0 Å². The summed E-state index contributed by atoms with van der Waals surface area (Å²) in [7, 11) is 0.735. The first-order valence-electron chi connectivity index (χ1n) is 5.78. The average molecular weight is 233 g/mol. The van der Waals surface area contributed by atoms with Crippen LogP contribution in [-0.4, -0.2) is 6.21 Å². The molecule has 2 heteroatoms. The van der Waals surface area contributed by atoms with Gasteiger partial charge in [0.15, 0.2) is 0 Å². The van der Waals surface area contributed by atoms with E-state index in [2.05, 4.69) is 43.9 Å². The van der Waals surface area contributed by atoms with Gasteiger partial charge >= 0.3 is 0 Å². The predicted molar refractivity (Wildman–Crippen MR) is 75.7 cm³/mol. The van der Waals surface area contributed by atoms with Gasteiger partial charge in [-0.25, -0.2) is 0 Å². The van der Waals surface area contributed by atoms with Gasteiger partial charge < -0.3 is 5.41 Å². The summed E-state index contributed by atoms with van der Waals surface area (Å²) in [5.74, 6) is 2.27. The number of allylic oxidation sites excluding steroid dienone is 1. The number of hydrogen-bond donors (Lipinski definition) is 1. The van der Waals surface area contributed by atoms with Crippen molar-refractivity contribution in [2.24, 2.45) is 0 Å². The summed E-state index contributed by atoms with van der Waals surface area (Å²) in [6, 6.07) is 6.42. The summed E-state index contributed by atoms with van der Waals surface area (Å²) in [6.07, 6.45) is 6.89. The van der Waals surface area contributed by atoms with Crippen molar-refractivity contribution in [3.05, 3.63) is 41.2 Å². The SMILES string of the molecule is CCC/C=C/Pc1cccc(C)c1CC=N. The number of aryl methyl sites for hydroxylation is 1. The maximum atomic E-state index is 7.24. The standard InChI is InChI=1S/C14H20NP/c1-3-4-5-11-16-14-8-6-7-12(2)13(14)9-10-15/h5-8,10-11,15-16H,3-4,9H2,1-2H3/b11-5+,15-10?. The van der Waals surface area contributed by atoms with Crippen LogP contribution in [0.25, 0.3) is 0 Å². The lowest BCUT2D eigenvalue weighted by molar-refractivity contribution is 0.960. The molecular weight excluding hydrogens is 213 g/mol. The van der Waals surface area contributed by atoms with E-state index in [1.807, 2.05) is 0 Å². The first kappa shape index (κ1) is 13.1. The molecule has 0 aliphatic heterocycles. The predicted octanol–water partition coefficient (Wildman–Crippen LogP) is 3.80. The molecule has 0 fully saturated rings. The van der Waals surface area contributed by atoms with E-state index >= 15 is 0 Å². The second kappa shape index (κ2) is 7.35. The fraction of sp³-hybridized carbons (Fsp3) is 0.357. The lowest BCUT2D eigenvalue weighted by Crippen LogP contribution is -2.06. The Morgan fingerprint density at radius 3 is 2.88 bits per heavy atom. The van der Waals surface area contributed by atoms with Crippen molar-refractivity contribution in [1.29, 1.82) is 5.41 Å². The van der Waals surface area contributed by atoms with Gasteiger partial charge in [0.05, 0.1) is 0 Å². The zero-order valence-electron chi connectivity index (χ0n) is 10.1. The molecule has 0 spiro atoms. The van der Waals surface area contributed by atoms with E-state index in [4.69, 9.17) is 5.41 Å². The third-order valence-corrected chi connectivity index (χ3v) is 3.71. The molecule has 1 nitrogen and oxygen atoms in total. The van der Waals surface area contributed by atoms with Crippen molar-refractivity contribution in [1.82, 2.24) is 0 Å². The van der Waals surface area contributed by atoms with E-state index in [0.29, 0.717) is 0 Å². The maximum absolute atomic E-state index is 7.24. The highest BCUT2D eigenvalue weighted by Crippen LogP contribution is 2.18. The van der Waals surface area contributed by atoms with Crippen molar-refractivity contribution in [3.8, 4) is 0 Å². The van der Waals surface area contributed by atoms with E-state index in [1.54, 1.807) is 0 Å². The van der Waals surface area contributed by atoms with E-state index in [1.165, 1.54) is 35.5 Å². The molecule has 0 aliphatic carbocycles. The molecular formula is C14H20NP. The normalized spacial score (nSPS) is 11.6. The fourth-order valence-corrected chi connectivity index (χ4v) is 2.74. The monoisotopic (exact) mass is 233 g/mol. The minimum Gasteiger partial charge on any atom is -0.313 e. The van der Waals surface area contributed by atoms with Crippen molar-refractivity contribution in [2.45, 2.75) is 33.1 Å². The quantitative estimate of drug-likeness (QED) is 0.570. The summed E-state index contributed by atoms with van der Waals surface area (Å²) in [5.41, 5.74) is 2.63. The molecule has 1 aromatic rings. The second-order valence-electron chi connectivity index (χ2n) is 3.84. The topological polar surface area (TPSA) is 23.9 Å². The number of benzene rings is 1. The Balaban J connectivity index is 2.77. The third-order valence-electron chi connectivity index (χ3n) is 2.53. The average Bonchev–Trinajstić information content (AvgIpc) is 2.29. The van der Waals surface area contributed by atoms with Gasteiger partial charge in [-0.3, -0.25) is 0 Å². The minimum absolute atomic E-state index is 0.735. The molecule has 0 heterocycles. The van der Waals surface area contributed by atoms with Crippen molar-refractivity contribution in [3.63, 3.8) is 0 Å². The fourth-order valence-electron chi connectivity index (χ4n) is 1.61. The Kier molecular flexibility index (Phi) is 6.03. The van der Waals surface area contributed by atoms with Crippen LogP contribution in [0.5, 0.6) is 0 Å². The van der Waals surface area contributed by atoms with E-state index in [9.17, 15) is 0 Å². The van der Waals surface area contributed by atoms with Crippen LogP contribution in [0.1, 0.15) is 30.9 Å². The summed E-state index contributed by atoms with van der Waals surface area (Å²) >= 11 is 0. The minimum atomic E-state index is 0.735. The molecule has 0 radical (unpaired) electrons. The van der Waals surface area contributed by atoms with Crippen LogP contribution >= 0.6 is 8.58 Å². The first-order valence-corrected chi connectivity index (χ1v) is 6.86. The molecule has 86 valence electrons. The summed E-state index contributed by atoms with van der Waals surface area (Å²) < 4.78 is 0. The number of nitrogens with one attached hydrogen (secondary N) is 1. The van der Waals surface area contributed by atoms with Gasteiger partial charge in [0.2, 0.25) is 0 Å². The van der Waals surface area contributed by atoms with Crippen LogP contribution in [0, 0.1) is 12.3 Å². The van der Waals surface area contributed by atoms with Crippen LogP contribution in [-0.2, 0) is 6.42 Å². The Bertz CT molecular complexity index is 369. The van der Waals surface area contributed by atoms with Gasteiger partial charge in [0, 0.05) is 6.42 Å². The molecule has 1 rings (SSSR count). The first-order chi connectivity index (χ1) is 7.79. The van der Waals surface area contributed by atoms with Crippen LogP contribution in [0.4, 0.5) is 0 Å². The lowest BCUT2D eigenvalue weighted by atomic mass is 10.1. The number of hydrogen-bond acceptors (Lipinski definition) is 1. The molecule has 0 amide bonds. The smallest absolute Gasteiger partial charge is 0.00804 e. The van der Waals surface area contributed by atoms with Crippen LogP contribution < -0.4 is 5.30 Å². The highest BCUT2D eigenvalue weighted by atomic mass is 31.1. The zero-order chi connectivity index (χ0) is 11.8. The van der Waals surface area contributed by atoms with Gasteiger partial charge in [-0.15, -0.1) is 0 Å². The Morgan fingerprint density at radius 1 is 1.38 bits per heavy atom. The number of unbranched alkanes of at least 4 members (excludes halogenated alkanes) is 1. The van der Waals surface area contributed by atoms with Gasteiger partial charge in [0.25, 0.3) is 0 Å². The molecule has 1 aromatic carbocycles. The molecule has 0 aliphatic rings. The Morgan fingerprint density at radius 2 is 2.19 bits per heavy atom. The molecule has 0 aromatic heterocycles. The highest BCUT2D eigenvalue weighted by molar-refractivity contribution is 7.50. The van der Waals surface area contributed by atoms with Crippen molar-refractivity contribution < 1.29 is 0 Å². The maximum Gasteiger partial charge on any atom is 0.00804 e. The largest absolute Gasteiger partial charge is 0.313 e. The van der Waals surface area contributed by atoms with Crippen LogP contribution in [0.3, 0.4) is 0 Å². The second-order valence-corrected chi connectivity index (χ2v) is 5.01. The highest BCUT2D eigenvalue weighted by Gasteiger charge is 2.02. The molecule has 0 bridgehead atoms. The van der Waals surface area contributed by atoms with Crippen LogP contribution in [0.2, 0.25) is 0 Å². The Labute approximate surface area is 100 Å².